The van der Waals surface area contributed by atoms with Gasteiger partial charge in [-0.25, -0.2) is 0 Å². The normalized spacial score (nSPS) is 27.8. The highest BCUT2D eigenvalue weighted by Gasteiger charge is 2.53. The van der Waals surface area contributed by atoms with E-state index < -0.39 is 124 Å². The van der Waals surface area contributed by atoms with Crippen LogP contribution in [0.5, 0.6) is 0 Å². The lowest BCUT2D eigenvalue weighted by Gasteiger charge is -2.48. The molecular formula is C72H139NO18. The van der Waals surface area contributed by atoms with Gasteiger partial charge >= 0.3 is 0 Å². The second-order valence-corrected chi connectivity index (χ2v) is 27.5. The number of hydrogen-bond acceptors (Lipinski definition) is 18. The molecule has 540 valence electrons. The van der Waals surface area contributed by atoms with Crippen molar-refractivity contribution >= 4 is 5.91 Å². The molecule has 3 aliphatic heterocycles. The molecule has 0 aliphatic carbocycles. The summed E-state index contributed by atoms with van der Waals surface area (Å²) in [6, 6.07) is -0.882. The minimum absolute atomic E-state index is 0.234. The van der Waals surface area contributed by atoms with Crippen molar-refractivity contribution in [3.63, 3.8) is 0 Å². The van der Waals surface area contributed by atoms with E-state index in [2.05, 4.69) is 19.2 Å². The van der Waals surface area contributed by atoms with Crippen molar-refractivity contribution in [1.82, 2.24) is 5.32 Å². The number of aliphatic hydroxyl groups excluding tert-OH is 11. The molecule has 3 saturated heterocycles. The lowest BCUT2D eigenvalue weighted by molar-refractivity contribution is -0.379. The largest absolute Gasteiger partial charge is 0.394 e. The first-order valence-electron chi connectivity index (χ1n) is 37.8. The smallest absolute Gasteiger partial charge is 0.220 e. The number of unbranched alkanes of at least 4 members (excludes halogenated alkanes) is 44. The van der Waals surface area contributed by atoms with Crippen LogP contribution in [0.4, 0.5) is 0 Å². The molecule has 0 radical (unpaired) electrons. The molecule has 3 rings (SSSR count). The molecule has 1 amide bonds. The van der Waals surface area contributed by atoms with Gasteiger partial charge in [0.15, 0.2) is 18.9 Å². The van der Waals surface area contributed by atoms with Crippen molar-refractivity contribution in [3.05, 3.63) is 0 Å². The summed E-state index contributed by atoms with van der Waals surface area (Å²) in [6.45, 7) is 1.86. The van der Waals surface area contributed by atoms with Crippen molar-refractivity contribution < 1.29 is 89.4 Å². The molecular weight excluding hydrogens is 1170 g/mol. The molecule has 3 fully saturated rings. The fourth-order valence-electron chi connectivity index (χ4n) is 13.3. The fourth-order valence-corrected chi connectivity index (χ4v) is 13.3. The molecule has 19 nitrogen and oxygen atoms in total. The summed E-state index contributed by atoms with van der Waals surface area (Å²) >= 11 is 0. The summed E-state index contributed by atoms with van der Waals surface area (Å²) in [7, 11) is 0. The van der Waals surface area contributed by atoms with Crippen LogP contribution in [0, 0.1) is 0 Å². The lowest BCUT2D eigenvalue weighted by atomic mass is 9.96. The quantitative estimate of drug-likeness (QED) is 0.0252. The van der Waals surface area contributed by atoms with E-state index in [0.29, 0.717) is 12.8 Å². The number of nitrogens with one attached hydrogen (secondary N) is 1. The van der Waals surface area contributed by atoms with Crippen LogP contribution in [0.25, 0.3) is 0 Å². The van der Waals surface area contributed by atoms with E-state index >= 15 is 0 Å². The predicted molar refractivity (Wildman–Crippen MR) is 356 cm³/mol. The van der Waals surface area contributed by atoms with Gasteiger partial charge in [-0.3, -0.25) is 4.79 Å². The van der Waals surface area contributed by atoms with E-state index in [1.807, 2.05) is 0 Å². The Morgan fingerprint density at radius 3 is 0.956 bits per heavy atom. The molecule has 19 heteroatoms. The van der Waals surface area contributed by atoms with Gasteiger partial charge in [0.25, 0.3) is 0 Å². The van der Waals surface area contributed by atoms with Crippen LogP contribution in [0.15, 0.2) is 0 Å². The maximum absolute atomic E-state index is 13.5. The highest BCUT2D eigenvalue weighted by atomic mass is 16.8. The van der Waals surface area contributed by atoms with Crippen LogP contribution in [-0.2, 0) is 33.2 Å². The minimum atomic E-state index is -1.97. The van der Waals surface area contributed by atoms with Gasteiger partial charge in [0, 0.05) is 6.42 Å². The first-order valence-corrected chi connectivity index (χ1v) is 37.8. The van der Waals surface area contributed by atoms with E-state index in [1.54, 1.807) is 0 Å². The van der Waals surface area contributed by atoms with Crippen molar-refractivity contribution in [2.75, 3.05) is 26.4 Å². The zero-order valence-corrected chi connectivity index (χ0v) is 57.4. The molecule has 17 atom stereocenters. The second-order valence-electron chi connectivity index (χ2n) is 27.5. The number of rotatable bonds is 60. The Kier molecular flexibility index (Phi) is 50.6. The highest BCUT2D eigenvalue weighted by molar-refractivity contribution is 5.76. The van der Waals surface area contributed by atoms with Crippen molar-refractivity contribution in [2.45, 2.75) is 426 Å². The van der Waals surface area contributed by atoms with Crippen LogP contribution >= 0.6 is 0 Å². The number of carbonyl (C=O) groups is 1. The summed E-state index contributed by atoms with van der Waals surface area (Å²) in [5.74, 6) is -0.234. The molecule has 91 heavy (non-hydrogen) atoms. The molecule has 12 N–H and O–H groups in total. The monoisotopic (exact) mass is 1310 g/mol. The summed E-state index contributed by atoms with van der Waals surface area (Å²) in [5, 5.41) is 121. The number of hydrogen-bond donors (Lipinski definition) is 12. The zero-order chi connectivity index (χ0) is 66.1. The Morgan fingerprint density at radius 1 is 0.352 bits per heavy atom. The third kappa shape index (κ3) is 36.3. The summed E-state index contributed by atoms with van der Waals surface area (Å²) in [6.07, 6.45) is 33.2. The first-order chi connectivity index (χ1) is 44.3. The van der Waals surface area contributed by atoms with Gasteiger partial charge in [0.2, 0.25) is 5.91 Å². The molecule has 17 unspecified atom stereocenters. The Morgan fingerprint density at radius 2 is 0.626 bits per heavy atom. The summed E-state index contributed by atoms with van der Waals surface area (Å²) < 4.78 is 34.5. The Hall–Kier alpha value is -1.21. The number of amides is 1. The van der Waals surface area contributed by atoms with Gasteiger partial charge in [-0.2, -0.15) is 0 Å². The van der Waals surface area contributed by atoms with E-state index in [0.717, 1.165) is 44.9 Å². The van der Waals surface area contributed by atoms with Crippen molar-refractivity contribution in [2.24, 2.45) is 0 Å². The van der Waals surface area contributed by atoms with Crippen LogP contribution in [0.1, 0.15) is 322 Å². The average Bonchev–Trinajstić information content (AvgIpc) is 0.883. The van der Waals surface area contributed by atoms with E-state index in [1.165, 1.54) is 244 Å². The van der Waals surface area contributed by atoms with Crippen LogP contribution < -0.4 is 5.32 Å². The molecule has 3 heterocycles. The third-order valence-electron chi connectivity index (χ3n) is 19.4. The molecule has 0 saturated carbocycles. The van der Waals surface area contributed by atoms with Gasteiger partial charge in [0.05, 0.1) is 38.6 Å². The maximum atomic E-state index is 13.5. The summed E-state index contributed by atoms with van der Waals surface area (Å²) in [4.78, 5) is 13.5. The molecule has 0 bridgehead atoms. The zero-order valence-electron chi connectivity index (χ0n) is 57.4. The molecule has 0 aromatic rings. The van der Waals surface area contributed by atoms with Crippen LogP contribution in [0.2, 0.25) is 0 Å². The van der Waals surface area contributed by atoms with E-state index in [4.69, 9.17) is 28.4 Å². The minimum Gasteiger partial charge on any atom is -0.394 e. The van der Waals surface area contributed by atoms with E-state index in [-0.39, 0.29) is 18.9 Å². The number of carbonyl (C=O) groups excluding carboxylic acids is 1. The van der Waals surface area contributed by atoms with Crippen molar-refractivity contribution in [1.29, 1.82) is 0 Å². The first kappa shape index (κ1) is 84.0. The maximum Gasteiger partial charge on any atom is 0.220 e. The highest BCUT2D eigenvalue weighted by Crippen LogP contribution is 2.33. The molecule has 0 spiro atoms. The molecule has 3 aliphatic rings. The lowest BCUT2D eigenvalue weighted by Crippen LogP contribution is -2.66. The van der Waals surface area contributed by atoms with Gasteiger partial charge in [-0.1, -0.05) is 303 Å². The Balaban J connectivity index is 1.40. The fraction of sp³-hybridized carbons (Fsp3) is 0.986. The van der Waals surface area contributed by atoms with Crippen molar-refractivity contribution in [3.8, 4) is 0 Å². The number of aliphatic hydroxyl groups is 11. The predicted octanol–water partition coefficient (Wildman–Crippen LogP) is 11.1. The van der Waals surface area contributed by atoms with E-state index in [9.17, 15) is 61.0 Å². The van der Waals surface area contributed by atoms with Gasteiger partial charge < -0.3 is 89.9 Å². The summed E-state index contributed by atoms with van der Waals surface area (Å²) in [5.41, 5.74) is 0. The number of ether oxygens (including phenoxy) is 6. The van der Waals surface area contributed by atoms with Crippen LogP contribution in [0.3, 0.4) is 0 Å². The SMILES string of the molecule is CCCCCCCCCCCCCCCCCCCCCCCCCCCC(=O)NC(COC1OC(CO)C(OC2OC(CO)C(OC3OC(CO)C(O)C(O)C3O)C(O)C2O)C(O)C1O)C(O)CCCCCCCCCCCCCCCCCCCCCCC. The second kappa shape index (κ2) is 54.8. The molecule has 0 aromatic carbocycles. The molecule has 0 aromatic heterocycles. The van der Waals surface area contributed by atoms with Gasteiger partial charge in [-0.05, 0) is 12.8 Å². The Labute approximate surface area is 551 Å². The van der Waals surface area contributed by atoms with Crippen LogP contribution in [-0.4, -0.2) is 193 Å². The topological polar surface area (TPSA) is 307 Å². The van der Waals surface area contributed by atoms with Gasteiger partial charge in [0.1, 0.15) is 73.2 Å². The third-order valence-corrected chi connectivity index (χ3v) is 19.4. The average molecular weight is 1310 g/mol. The van der Waals surface area contributed by atoms with Gasteiger partial charge in [-0.15, -0.1) is 0 Å². The standard InChI is InChI=1S/C72H139NO18/c1-3-5-7-9-11-13-15-17-19-21-23-25-26-27-28-30-32-34-36-38-40-42-44-46-48-50-60(78)73-55(56(77)49-47-45-43-41-39-37-35-33-31-29-24-22-20-18-16-14-12-10-8-6-4-2)54-86-70-66(84)63(81)68(58(52-75)88-70)91-72-67(85)64(82)69(59(53-76)89-72)90-71-65(83)62(80)61(79)57(51-74)87-71/h55-59,61-72,74-77,79-85H,3-54H2,1-2H3,(H,73,78). The Bertz CT molecular complexity index is 1650.